The molecule has 0 aromatic rings. The number of halogens is 2. The third-order valence-electron chi connectivity index (χ3n) is 3.74. The van der Waals surface area contributed by atoms with Gasteiger partial charge in [0.1, 0.15) is 0 Å². The Kier molecular flexibility index (Phi) is 1.71. The molecule has 0 bridgehead atoms. The Morgan fingerprint density at radius 3 is 1.92 bits per heavy atom. The first-order valence-electron chi connectivity index (χ1n) is 4.90. The van der Waals surface area contributed by atoms with Crippen LogP contribution < -0.4 is 0 Å². The molecule has 0 unspecified atom stereocenters. The van der Waals surface area contributed by atoms with Crippen LogP contribution in [0.2, 0.25) is 0 Å². The number of hydrogen-bond acceptors (Lipinski definition) is 0. The van der Waals surface area contributed by atoms with E-state index in [2.05, 4.69) is 6.92 Å². The van der Waals surface area contributed by atoms with Gasteiger partial charge in [0.25, 0.3) is 0 Å². The van der Waals surface area contributed by atoms with Crippen LogP contribution in [0.5, 0.6) is 0 Å². The fourth-order valence-corrected chi connectivity index (χ4v) is 2.34. The molecule has 2 rings (SSSR count). The lowest BCUT2D eigenvalue weighted by atomic mass is 9.77. The highest BCUT2D eigenvalue weighted by atomic mass is 19.3. The molecule has 0 radical (unpaired) electrons. The van der Waals surface area contributed by atoms with Gasteiger partial charge >= 0.3 is 0 Å². The number of hydrogen-bond donors (Lipinski definition) is 0. The maximum absolute atomic E-state index is 12.8. The van der Waals surface area contributed by atoms with E-state index in [1.807, 2.05) is 0 Å². The van der Waals surface area contributed by atoms with E-state index in [1.54, 1.807) is 0 Å². The maximum Gasteiger partial charge on any atom is 0.248 e. The van der Waals surface area contributed by atoms with Gasteiger partial charge in [-0.25, -0.2) is 8.78 Å². The van der Waals surface area contributed by atoms with E-state index >= 15 is 0 Å². The molecular weight excluding hydrogens is 158 g/mol. The van der Waals surface area contributed by atoms with E-state index in [0.29, 0.717) is 11.3 Å². The SMILES string of the molecule is CC1(C2CCC(F)(F)CC2)CC1. The average molecular weight is 174 g/mol. The Morgan fingerprint density at radius 1 is 1.00 bits per heavy atom. The van der Waals surface area contributed by atoms with Gasteiger partial charge in [-0.3, -0.25) is 0 Å². The van der Waals surface area contributed by atoms with E-state index in [4.69, 9.17) is 0 Å². The monoisotopic (exact) mass is 174 g/mol. The molecule has 2 heteroatoms. The molecule has 12 heavy (non-hydrogen) atoms. The Morgan fingerprint density at radius 2 is 1.50 bits per heavy atom. The van der Waals surface area contributed by atoms with Crippen LogP contribution in [0.1, 0.15) is 45.4 Å². The van der Waals surface area contributed by atoms with Crippen LogP contribution >= 0.6 is 0 Å². The lowest BCUT2D eigenvalue weighted by Gasteiger charge is -2.32. The summed E-state index contributed by atoms with van der Waals surface area (Å²) in [6, 6.07) is 0. The third-order valence-corrected chi connectivity index (χ3v) is 3.74. The van der Waals surface area contributed by atoms with Crippen molar-refractivity contribution in [3.8, 4) is 0 Å². The van der Waals surface area contributed by atoms with Gasteiger partial charge in [0.05, 0.1) is 0 Å². The first-order chi connectivity index (χ1) is 5.52. The number of rotatable bonds is 1. The first-order valence-corrected chi connectivity index (χ1v) is 4.90. The normalized spacial score (nSPS) is 33.2. The highest BCUT2D eigenvalue weighted by Crippen LogP contribution is 2.57. The van der Waals surface area contributed by atoms with Crippen molar-refractivity contribution < 1.29 is 8.78 Å². The standard InChI is InChI=1S/C10H16F2/c1-9(6-7-9)8-2-4-10(11,12)5-3-8/h8H,2-7H2,1H3. The van der Waals surface area contributed by atoms with Crippen molar-refractivity contribution in [3.05, 3.63) is 0 Å². The second-order valence-corrected chi connectivity index (χ2v) is 4.78. The molecule has 2 saturated carbocycles. The molecule has 70 valence electrons. The fourth-order valence-electron chi connectivity index (χ4n) is 2.34. The molecule has 2 aliphatic rings. The average Bonchev–Trinajstić information content (AvgIpc) is 2.68. The zero-order valence-corrected chi connectivity index (χ0v) is 7.58. The molecule has 0 atom stereocenters. The highest BCUT2D eigenvalue weighted by Gasteiger charge is 2.48. The molecule has 0 aromatic carbocycles. The molecule has 0 heterocycles. The van der Waals surface area contributed by atoms with E-state index in [0.717, 1.165) is 12.8 Å². The summed E-state index contributed by atoms with van der Waals surface area (Å²) in [6.07, 6.45) is 4.31. The van der Waals surface area contributed by atoms with Gasteiger partial charge in [0.2, 0.25) is 5.92 Å². The van der Waals surface area contributed by atoms with Crippen LogP contribution in [0.25, 0.3) is 0 Å². The van der Waals surface area contributed by atoms with Crippen molar-refractivity contribution in [2.45, 2.75) is 51.4 Å². The van der Waals surface area contributed by atoms with Crippen molar-refractivity contribution in [1.82, 2.24) is 0 Å². The molecule has 0 aliphatic heterocycles. The summed E-state index contributed by atoms with van der Waals surface area (Å²) >= 11 is 0. The topological polar surface area (TPSA) is 0 Å². The van der Waals surface area contributed by atoms with Crippen LogP contribution in [0.4, 0.5) is 8.78 Å². The van der Waals surface area contributed by atoms with Crippen molar-refractivity contribution in [1.29, 1.82) is 0 Å². The van der Waals surface area contributed by atoms with E-state index < -0.39 is 5.92 Å². The minimum absolute atomic E-state index is 0.132. The summed E-state index contributed by atoms with van der Waals surface area (Å²) in [6.45, 7) is 2.25. The van der Waals surface area contributed by atoms with Crippen LogP contribution in [0.3, 0.4) is 0 Å². The summed E-state index contributed by atoms with van der Waals surface area (Å²) in [5.41, 5.74) is 0.455. The van der Waals surface area contributed by atoms with Crippen LogP contribution in [-0.4, -0.2) is 5.92 Å². The zero-order valence-electron chi connectivity index (χ0n) is 7.58. The second kappa shape index (κ2) is 2.43. The summed E-state index contributed by atoms with van der Waals surface area (Å²) in [4.78, 5) is 0. The van der Waals surface area contributed by atoms with Crippen molar-refractivity contribution in [3.63, 3.8) is 0 Å². The number of alkyl halides is 2. The minimum Gasteiger partial charge on any atom is -0.207 e. The van der Waals surface area contributed by atoms with Crippen molar-refractivity contribution >= 4 is 0 Å². The Bertz CT molecular complexity index is 172. The van der Waals surface area contributed by atoms with Crippen molar-refractivity contribution in [2.75, 3.05) is 0 Å². The molecule has 0 amide bonds. The van der Waals surface area contributed by atoms with Crippen LogP contribution in [0.15, 0.2) is 0 Å². The summed E-state index contributed by atoms with van der Waals surface area (Å²) < 4.78 is 25.6. The zero-order chi connectivity index (χ0) is 8.82. The Hall–Kier alpha value is -0.140. The van der Waals surface area contributed by atoms with E-state index in [-0.39, 0.29) is 12.8 Å². The fraction of sp³-hybridized carbons (Fsp3) is 1.00. The molecule has 2 fully saturated rings. The summed E-state index contributed by atoms with van der Waals surface area (Å²) in [7, 11) is 0. The molecule has 0 nitrogen and oxygen atoms in total. The molecule has 0 saturated heterocycles. The van der Waals surface area contributed by atoms with Gasteiger partial charge in [-0.2, -0.15) is 0 Å². The van der Waals surface area contributed by atoms with Gasteiger partial charge in [-0.15, -0.1) is 0 Å². The molecule has 0 spiro atoms. The molecular formula is C10H16F2. The summed E-state index contributed by atoms with van der Waals surface area (Å²) in [5, 5.41) is 0. The molecule has 0 aromatic heterocycles. The van der Waals surface area contributed by atoms with Gasteiger partial charge in [-0.05, 0) is 37.0 Å². The highest BCUT2D eigenvalue weighted by molar-refractivity contribution is 4.97. The van der Waals surface area contributed by atoms with Gasteiger partial charge < -0.3 is 0 Å². The Balaban J connectivity index is 1.90. The van der Waals surface area contributed by atoms with Crippen LogP contribution in [0, 0.1) is 11.3 Å². The smallest absolute Gasteiger partial charge is 0.207 e. The van der Waals surface area contributed by atoms with Gasteiger partial charge in [0.15, 0.2) is 0 Å². The summed E-state index contributed by atoms with van der Waals surface area (Å²) in [5.74, 6) is -1.75. The predicted octanol–water partition coefficient (Wildman–Crippen LogP) is 3.61. The van der Waals surface area contributed by atoms with Gasteiger partial charge in [0, 0.05) is 12.8 Å². The lowest BCUT2D eigenvalue weighted by Crippen LogP contribution is -2.28. The van der Waals surface area contributed by atoms with Crippen LogP contribution in [-0.2, 0) is 0 Å². The van der Waals surface area contributed by atoms with Gasteiger partial charge in [-0.1, -0.05) is 6.92 Å². The third kappa shape index (κ3) is 1.48. The Labute approximate surface area is 72.3 Å². The van der Waals surface area contributed by atoms with E-state index in [1.165, 1.54) is 12.8 Å². The van der Waals surface area contributed by atoms with Crippen molar-refractivity contribution in [2.24, 2.45) is 11.3 Å². The molecule has 0 N–H and O–H groups in total. The minimum atomic E-state index is -2.35. The largest absolute Gasteiger partial charge is 0.248 e. The maximum atomic E-state index is 12.8. The quantitative estimate of drug-likeness (QED) is 0.569. The van der Waals surface area contributed by atoms with E-state index in [9.17, 15) is 8.78 Å². The predicted molar refractivity (Wildman–Crippen MR) is 44.2 cm³/mol. The lowest BCUT2D eigenvalue weighted by molar-refractivity contribution is -0.0531. The second-order valence-electron chi connectivity index (χ2n) is 4.78. The molecule has 2 aliphatic carbocycles. The first kappa shape index (κ1) is 8.46.